The van der Waals surface area contributed by atoms with Gasteiger partial charge in [0.1, 0.15) is 12.4 Å². The highest BCUT2D eigenvalue weighted by atomic mass is 35.5. The molecule has 0 radical (unpaired) electrons. The van der Waals surface area contributed by atoms with E-state index in [9.17, 15) is 0 Å². The number of anilines is 1. The summed E-state index contributed by atoms with van der Waals surface area (Å²) in [6.45, 7) is 1.11. The molecule has 2 rings (SSSR count). The number of hydrogen-bond acceptors (Lipinski definition) is 2. The van der Waals surface area contributed by atoms with Crippen LogP contribution in [0.4, 0.5) is 5.69 Å². The average molecular weight is 317 g/mol. The van der Waals surface area contributed by atoms with E-state index in [4.69, 9.17) is 39.5 Å². The first-order valence-corrected chi connectivity index (χ1v) is 6.86. The van der Waals surface area contributed by atoms with Crippen LogP contribution in [0, 0.1) is 0 Å². The Morgan fingerprint density at radius 3 is 2.21 bits per heavy atom. The van der Waals surface area contributed by atoms with Crippen LogP contribution >= 0.6 is 34.8 Å². The second-order valence-corrected chi connectivity index (χ2v) is 5.08. The van der Waals surface area contributed by atoms with Crippen LogP contribution in [-0.4, -0.2) is 13.2 Å². The van der Waals surface area contributed by atoms with Crippen molar-refractivity contribution >= 4 is 40.5 Å². The summed E-state index contributed by atoms with van der Waals surface area (Å²) in [5.74, 6) is 0.831. The van der Waals surface area contributed by atoms with E-state index in [2.05, 4.69) is 5.32 Å². The highest BCUT2D eigenvalue weighted by molar-refractivity contribution is 6.41. The van der Waals surface area contributed by atoms with Crippen LogP contribution in [0.2, 0.25) is 15.1 Å². The number of para-hydroxylation sites is 1. The molecular formula is C14H12Cl3NO. The molecule has 0 amide bonds. The third kappa shape index (κ3) is 4.20. The third-order valence-corrected chi connectivity index (χ3v) is 3.24. The van der Waals surface area contributed by atoms with E-state index in [0.29, 0.717) is 33.9 Å². The molecule has 0 bridgehead atoms. The van der Waals surface area contributed by atoms with E-state index in [-0.39, 0.29) is 0 Å². The maximum Gasteiger partial charge on any atom is 0.119 e. The van der Waals surface area contributed by atoms with Gasteiger partial charge in [-0.3, -0.25) is 0 Å². The lowest BCUT2D eigenvalue weighted by Gasteiger charge is -2.11. The van der Waals surface area contributed by atoms with Crippen molar-refractivity contribution in [3.63, 3.8) is 0 Å². The molecule has 0 heterocycles. The van der Waals surface area contributed by atoms with Crippen LogP contribution in [-0.2, 0) is 0 Å². The molecule has 0 aliphatic carbocycles. The van der Waals surface area contributed by atoms with Gasteiger partial charge in [-0.25, -0.2) is 0 Å². The lowest BCUT2D eigenvalue weighted by atomic mass is 10.3. The fourth-order valence-corrected chi connectivity index (χ4v) is 2.52. The number of benzene rings is 2. The summed E-state index contributed by atoms with van der Waals surface area (Å²) in [5.41, 5.74) is 0.671. The Hall–Kier alpha value is -1.09. The summed E-state index contributed by atoms with van der Waals surface area (Å²) >= 11 is 18.0. The van der Waals surface area contributed by atoms with Gasteiger partial charge in [0.05, 0.1) is 15.7 Å². The topological polar surface area (TPSA) is 21.3 Å². The number of rotatable bonds is 5. The van der Waals surface area contributed by atoms with E-state index in [1.807, 2.05) is 30.3 Å². The quantitative estimate of drug-likeness (QED) is 0.771. The smallest absolute Gasteiger partial charge is 0.119 e. The van der Waals surface area contributed by atoms with Crippen molar-refractivity contribution in [1.29, 1.82) is 0 Å². The fraction of sp³-hybridized carbons (Fsp3) is 0.143. The van der Waals surface area contributed by atoms with Crippen LogP contribution < -0.4 is 10.1 Å². The zero-order valence-electron chi connectivity index (χ0n) is 10.00. The lowest BCUT2D eigenvalue weighted by Crippen LogP contribution is -2.12. The summed E-state index contributed by atoms with van der Waals surface area (Å²) in [6.07, 6.45) is 0. The normalized spacial score (nSPS) is 10.3. The second-order valence-electron chi connectivity index (χ2n) is 3.83. The first-order valence-electron chi connectivity index (χ1n) is 5.73. The van der Waals surface area contributed by atoms with Crippen LogP contribution in [0.3, 0.4) is 0 Å². The molecule has 0 unspecified atom stereocenters. The summed E-state index contributed by atoms with van der Waals surface area (Å²) < 4.78 is 5.56. The van der Waals surface area contributed by atoms with Crippen LogP contribution in [0.1, 0.15) is 0 Å². The van der Waals surface area contributed by atoms with Crippen molar-refractivity contribution in [2.24, 2.45) is 0 Å². The van der Waals surface area contributed by atoms with E-state index in [1.54, 1.807) is 12.1 Å². The zero-order chi connectivity index (χ0) is 13.7. The minimum absolute atomic E-state index is 0.497. The van der Waals surface area contributed by atoms with E-state index < -0.39 is 0 Å². The Bertz CT molecular complexity index is 523. The summed E-state index contributed by atoms with van der Waals surface area (Å²) in [5, 5.41) is 4.64. The van der Waals surface area contributed by atoms with Crippen molar-refractivity contribution in [1.82, 2.24) is 0 Å². The van der Waals surface area contributed by atoms with E-state index in [0.717, 1.165) is 5.75 Å². The van der Waals surface area contributed by atoms with Gasteiger partial charge in [-0.15, -0.1) is 0 Å². The Morgan fingerprint density at radius 1 is 0.947 bits per heavy atom. The zero-order valence-corrected chi connectivity index (χ0v) is 12.3. The minimum Gasteiger partial charge on any atom is -0.492 e. The van der Waals surface area contributed by atoms with Gasteiger partial charge in [0.25, 0.3) is 0 Å². The Labute approximate surface area is 127 Å². The van der Waals surface area contributed by atoms with Crippen LogP contribution in [0.5, 0.6) is 5.75 Å². The molecule has 2 aromatic rings. The summed E-state index contributed by atoms with van der Waals surface area (Å²) in [4.78, 5) is 0. The largest absolute Gasteiger partial charge is 0.492 e. The Morgan fingerprint density at radius 2 is 1.58 bits per heavy atom. The Kier molecular flexibility index (Phi) is 5.20. The molecule has 100 valence electrons. The van der Waals surface area contributed by atoms with Gasteiger partial charge in [0.2, 0.25) is 0 Å². The maximum absolute atomic E-state index is 6.06. The van der Waals surface area contributed by atoms with Crippen molar-refractivity contribution in [3.8, 4) is 5.75 Å². The van der Waals surface area contributed by atoms with Crippen molar-refractivity contribution in [2.75, 3.05) is 18.5 Å². The van der Waals surface area contributed by atoms with Gasteiger partial charge in [-0.05, 0) is 24.3 Å². The first kappa shape index (κ1) is 14.3. The molecule has 2 aromatic carbocycles. The number of halogens is 3. The van der Waals surface area contributed by atoms with Gasteiger partial charge in [-0.2, -0.15) is 0 Å². The molecule has 2 nitrogen and oxygen atoms in total. The van der Waals surface area contributed by atoms with Crippen molar-refractivity contribution < 1.29 is 4.74 Å². The molecule has 0 spiro atoms. The van der Waals surface area contributed by atoms with Gasteiger partial charge in [0.15, 0.2) is 0 Å². The lowest BCUT2D eigenvalue weighted by molar-refractivity contribution is 0.333. The highest BCUT2D eigenvalue weighted by Crippen LogP contribution is 2.33. The number of nitrogens with one attached hydrogen (secondary N) is 1. The molecule has 0 saturated carbocycles. The molecule has 0 aliphatic rings. The van der Waals surface area contributed by atoms with Gasteiger partial charge in [-0.1, -0.05) is 53.0 Å². The molecule has 19 heavy (non-hydrogen) atoms. The standard InChI is InChI=1S/C14H12Cl3NO/c15-10-8-12(16)14(13(17)9-10)18-6-7-19-11-4-2-1-3-5-11/h1-5,8-9,18H,6-7H2. The molecule has 0 aromatic heterocycles. The number of ether oxygens (including phenoxy) is 1. The van der Waals surface area contributed by atoms with E-state index >= 15 is 0 Å². The molecule has 5 heteroatoms. The molecular weight excluding hydrogens is 305 g/mol. The van der Waals surface area contributed by atoms with Crippen molar-refractivity contribution in [3.05, 3.63) is 57.5 Å². The van der Waals surface area contributed by atoms with Gasteiger partial charge >= 0.3 is 0 Å². The second kappa shape index (κ2) is 6.90. The molecule has 0 saturated heterocycles. The molecule has 0 aliphatic heterocycles. The van der Waals surface area contributed by atoms with E-state index in [1.165, 1.54) is 0 Å². The SMILES string of the molecule is Clc1cc(Cl)c(NCCOc2ccccc2)c(Cl)c1. The molecule has 0 atom stereocenters. The highest BCUT2D eigenvalue weighted by Gasteiger charge is 2.06. The predicted octanol–water partition coefficient (Wildman–Crippen LogP) is 5.14. The third-order valence-electron chi connectivity index (χ3n) is 2.42. The van der Waals surface area contributed by atoms with Gasteiger partial charge < -0.3 is 10.1 Å². The van der Waals surface area contributed by atoms with Crippen LogP contribution in [0.25, 0.3) is 0 Å². The minimum atomic E-state index is 0.497. The average Bonchev–Trinajstić information content (AvgIpc) is 2.38. The molecule has 0 fully saturated rings. The predicted molar refractivity (Wildman–Crippen MR) is 81.9 cm³/mol. The fourth-order valence-electron chi connectivity index (χ4n) is 1.57. The number of hydrogen-bond donors (Lipinski definition) is 1. The summed E-state index contributed by atoms with van der Waals surface area (Å²) in [6, 6.07) is 12.9. The first-order chi connectivity index (χ1) is 9.16. The summed E-state index contributed by atoms with van der Waals surface area (Å²) in [7, 11) is 0. The van der Waals surface area contributed by atoms with Crippen LogP contribution in [0.15, 0.2) is 42.5 Å². The Balaban J connectivity index is 1.86. The monoisotopic (exact) mass is 315 g/mol. The maximum atomic E-state index is 6.06. The van der Waals surface area contributed by atoms with Gasteiger partial charge in [0, 0.05) is 11.6 Å². The molecule has 1 N–H and O–H groups in total. The van der Waals surface area contributed by atoms with Crippen molar-refractivity contribution in [2.45, 2.75) is 0 Å².